The lowest BCUT2D eigenvalue weighted by Crippen LogP contribution is -2.40. The molecule has 1 saturated heterocycles. The van der Waals surface area contributed by atoms with E-state index in [-0.39, 0.29) is 36.5 Å². The number of piperidine rings is 1. The van der Waals surface area contributed by atoms with Crippen LogP contribution < -0.4 is 0 Å². The zero-order valence-corrected chi connectivity index (χ0v) is 17.1. The zero-order valence-electron chi connectivity index (χ0n) is 14.8. The van der Waals surface area contributed by atoms with Crippen LogP contribution in [0.1, 0.15) is 18.4 Å². The Morgan fingerprint density at radius 3 is 2.36 bits per heavy atom. The van der Waals surface area contributed by atoms with E-state index in [1.807, 2.05) is 0 Å². The molecule has 0 spiro atoms. The second-order valence-electron chi connectivity index (χ2n) is 6.48. The van der Waals surface area contributed by atoms with Crippen molar-refractivity contribution in [3.63, 3.8) is 0 Å². The Morgan fingerprint density at radius 2 is 1.75 bits per heavy atom. The number of rotatable bonds is 5. The molecule has 9 heteroatoms. The molecule has 3 rings (SSSR count). The Balaban J connectivity index is 1.55. The molecule has 1 aliphatic rings. The summed E-state index contributed by atoms with van der Waals surface area (Å²) in [7, 11) is -3.71. The van der Waals surface area contributed by atoms with E-state index in [0.717, 1.165) is 12.1 Å². The van der Waals surface area contributed by atoms with Crippen LogP contribution in [0.15, 0.2) is 47.4 Å². The first kappa shape index (κ1) is 21.0. The van der Waals surface area contributed by atoms with Gasteiger partial charge in [0.1, 0.15) is 12.4 Å². The van der Waals surface area contributed by atoms with Crippen LogP contribution in [0.5, 0.6) is 0 Å². The minimum absolute atomic E-state index is 0.0307. The summed E-state index contributed by atoms with van der Waals surface area (Å²) in [6.45, 7) is 0.422. The van der Waals surface area contributed by atoms with Crippen molar-refractivity contribution in [2.45, 2.75) is 24.3 Å². The van der Waals surface area contributed by atoms with Gasteiger partial charge >= 0.3 is 5.97 Å². The third kappa shape index (κ3) is 4.84. The molecular formula is C19H18Cl2FNO4S. The monoisotopic (exact) mass is 445 g/mol. The first-order chi connectivity index (χ1) is 13.3. The van der Waals surface area contributed by atoms with E-state index in [1.165, 1.54) is 16.4 Å². The second kappa shape index (κ2) is 8.78. The van der Waals surface area contributed by atoms with E-state index in [2.05, 4.69) is 0 Å². The minimum Gasteiger partial charge on any atom is -0.461 e. The predicted octanol–water partition coefficient (Wildman–Crippen LogP) is 4.28. The van der Waals surface area contributed by atoms with E-state index in [9.17, 15) is 17.6 Å². The number of ether oxygens (including phenoxy) is 1. The Bertz CT molecular complexity index is 958. The SMILES string of the molecule is O=C(OCc1ccc(Cl)cc1Cl)C1CCN(S(=O)(=O)c2ccc(F)cc2)CC1. The van der Waals surface area contributed by atoms with E-state index in [4.69, 9.17) is 27.9 Å². The highest BCUT2D eigenvalue weighted by molar-refractivity contribution is 7.89. The molecule has 2 aromatic rings. The van der Waals surface area contributed by atoms with Crippen LogP contribution in [0.2, 0.25) is 10.0 Å². The van der Waals surface area contributed by atoms with Crippen LogP contribution in [-0.2, 0) is 26.2 Å². The van der Waals surface area contributed by atoms with Crippen molar-refractivity contribution < 1.29 is 22.3 Å². The molecule has 0 saturated carbocycles. The van der Waals surface area contributed by atoms with Crippen molar-refractivity contribution in [2.24, 2.45) is 5.92 Å². The van der Waals surface area contributed by atoms with Crippen LogP contribution in [-0.4, -0.2) is 31.8 Å². The lowest BCUT2D eigenvalue weighted by molar-refractivity contribution is -0.151. The summed E-state index contributed by atoms with van der Waals surface area (Å²) >= 11 is 11.9. The van der Waals surface area contributed by atoms with Gasteiger partial charge in [-0.1, -0.05) is 29.3 Å². The van der Waals surface area contributed by atoms with Crippen LogP contribution in [0.4, 0.5) is 4.39 Å². The second-order valence-corrected chi connectivity index (χ2v) is 9.26. The Hall–Kier alpha value is -1.67. The maximum Gasteiger partial charge on any atom is 0.309 e. The Kier molecular flexibility index (Phi) is 6.60. The molecule has 0 bridgehead atoms. The predicted molar refractivity (Wildman–Crippen MR) is 104 cm³/mol. The summed E-state index contributed by atoms with van der Waals surface area (Å²) in [5.74, 6) is -1.27. The molecule has 1 heterocycles. The van der Waals surface area contributed by atoms with E-state index >= 15 is 0 Å². The van der Waals surface area contributed by atoms with Crippen LogP contribution >= 0.6 is 23.2 Å². The van der Waals surface area contributed by atoms with Gasteiger partial charge in [0.15, 0.2) is 0 Å². The Labute approximate surface area is 173 Å². The van der Waals surface area contributed by atoms with Gasteiger partial charge in [-0.05, 0) is 49.2 Å². The summed E-state index contributed by atoms with van der Waals surface area (Å²) < 4.78 is 44.9. The summed E-state index contributed by atoms with van der Waals surface area (Å²) in [6, 6.07) is 9.62. The van der Waals surface area contributed by atoms with Crippen molar-refractivity contribution in [3.8, 4) is 0 Å². The molecule has 0 atom stereocenters. The van der Waals surface area contributed by atoms with Crippen LogP contribution in [0, 0.1) is 11.7 Å². The highest BCUT2D eigenvalue weighted by Crippen LogP contribution is 2.26. The van der Waals surface area contributed by atoms with Gasteiger partial charge in [-0.15, -0.1) is 0 Å². The van der Waals surface area contributed by atoms with E-state index in [0.29, 0.717) is 28.5 Å². The topological polar surface area (TPSA) is 63.7 Å². The molecule has 0 aliphatic carbocycles. The molecule has 28 heavy (non-hydrogen) atoms. The molecule has 0 unspecified atom stereocenters. The van der Waals surface area contributed by atoms with Gasteiger partial charge in [0.2, 0.25) is 10.0 Å². The van der Waals surface area contributed by atoms with E-state index in [1.54, 1.807) is 18.2 Å². The number of benzene rings is 2. The minimum atomic E-state index is -3.71. The molecule has 2 aromatic carbocycles. The molecule has 0 N–H and O–H groups in total. The molecule has 0 amide bonds. The van der Waals surface area contributed by atoms with Gasteiger partial charge in [-0.25, -0.2) is 12.8 Å². The molecule has 0 aromatic heterocycles. The maximum absolute atomic E-state index is 13.0. The van der Waals surface area contributed by atoms with Crippen molar-refractivity contribution in [2.75, 3.05) is 13.1 Å². The number of esters is 1. The van der Waals surface area contributed by atoms with Crippen molar-refractivity contribution in [3.05, 3.63) is 63.9 Å². The normalized spacial score (nSPS) is 16.1. The molecule has 150 valence electrons. The van der Waals surface area contributed by atoms with E-state index < -0.39 is 15.8 Å². The Morgan fingerprint density at radius 1 is 1.11 bits per heavy atom. The molecule has 1 fully saturated rings. The zero-order chi connectivity index (χ0) is 20.3. The highest BCUT2D eigenvalue weighted by Gasteiger charge is 2.32. The molecular weight excluding hydrogens is 428 g/mol. The molecule has 5 nitrogen and oxygen atoms in total. The number of carbonyl (C=O) groups is 1. The standard InChI is InChI=1S/C19H18Cl2FNO4S/c20-15-2-1-14(18(21)11-15)12-27-19(24)13-7-9-23(10-8-13)28(25,26)17-5-3-16(22)4-6-17/h1-6,11,13H,7-10,12H2. The summed E-state index contributed by atoms with van der Waals surface area (Å²) in [5.41, 5.74) is 0.649. The molecule has 1 aliphatic heterocycles. The molecule has 0 radical (unpaired) electrons. The lowest BCUT2D eigenvalue weighted by atomic mass is 9.98. The average molecular weight is 446 g/mol. The summed E-state index contributed by atoms with van der Waals surface area (Å²) in [4.78, 5) is 12.3. The van der Waals surface area contributed by atoms with Gasteiger partial charge in [0.05, 0.1) is 10.8 Å². The highest BCUT2D eigenvalue weighted by atomic mass is 35.5. The van der Waals surface area contributed by atoms with Crippen LogP contribution in [0.25, 0.3) is 0 Å². The van der Waals surface area contributed by atoms with Gasteiger partial charge in [-0.3, -0.25) is 4.79 Å². The maximum atomic E-state index is 13.0. The largest absolute Gasteiger partial charge is 0.461 e. The van der Waals surface area contributed by atoms with Crippen molar-refractivity contribution in [1.82, 2.24) is 4.31 Å². The fourth-order valence-corrected chi connectivity index (χ4v) is 4.93. The number of sulfonamides is 1. The number of hydrogen-bond acceptors (Lipinski definition) is 4. The van der Waals surface area contributed by atoms with Gasteiger partial charge in [-0.2, -0.15) is 4.31 Å². The third-order valence-corrected chi connectivity index (χ3v) is 7.12. The number of carbonyl (C=O) groups excluding carboxylic acids is 1. The summed E-state index contributed by atoms with van der Waals surface area (Å²) in [6.07, 6.45) is 0.710. The lowest BCUT2D eigenvalue weighted by Gasteiger charge is -2.30. The number of halogens is 3. The third-order valence-electron chi connectivity index (χ3n) is 4.62. The number of hydrogen-bond donors (Lipinski definition) is 0. The average Bonchev–Trinajstić information content (AvgIpc) is 2.67. The fourth-order valence-electron chi connectivity index (χ4n) is 2.99. The van der Waals surface area contributed by atoms with Crippen molar-refractivity contribution in [1.29, 1.82) is 0 Å². The first-order valence-corrected chi connectivity index (χ1v) is 10.8. The number of nitrogens with zero attached hydrogens (tertiary/aromatic N) is 1. The quantitative estimate of drug-likeness (QED) is 0.644. The van der Waals surface area contributed by atoms with Crippen molar-refractivity contribution >= 4 is 39.2 Å². The summed E-state index contributed by atoms with van der Waals surface area (Å²) in [5, 5.41) is 0.912. The van der Waals surface area contributed by atoms with Crippen LogP contribution in [0.3, 0.4) is 0 Å². The van der Waals surface area contributed by atoms with Gasteiger partial charge in [0.25, 0.3) is 0 Å². The van der Waals surface area contributed by atoms with Gasteiger partial charge in [0, 0.05) is 28.7 Å². The first-order valence-electron chi connectivity index (χ1n) is 8.63. The fraction of sp³-hybridized carbons (Fsp3) is 0.316. The van der Waals surface area contributed by atoms with Gasteiger partial charge < -0.3 is 4.74 Å². The smallest absolute Gasteiger partial charge is 0.309 e.